The van der Waals surface area contributed by atoms with Gasteiger partial charge in [0, 0.05) is 18.8 Å². The highest BCUT2D eigenvalue weighted by Crippen LogP contribution is 2.36. The molecule has 0 radical (unpaired) electrons. The van der Waals surface area contributed by atoms with Gasteiger partial charge in [-0.2, -0.15) is 17.6 Å². The second-order valence-electron chi connectivity index (χ2n) is 8.41. The summed E-state index contributed by atoms with van der Waals surface area (Å²) < 4.78 is 53.9. The summed E-state index contributed by atoms with van der Waals surface area (Å²) in [4.78, 5) is 25.2. The Hall–Kier alpha value is -3.50. The Morgan fingerprint density at radius 3 is 2.59 bits per heavy atom. The molecule has 7 nitrogen and oxygen atoms in total. The summed E-state index contributed by atoms with van der Waals surface area (Å²) in [6.07, 6.45) is 4.28. The standard InChI is InChI=1S/C23H24F4N6O/c24-20-21(30-11-17-6-3-15(10-29-17)9-19(28)34)31-13-32-22(20)33(18-7-8-18)12-14-1-4-16(5-2-14)23(25,26)27/h1,3-6,10,13-14,18H,2,7-9,11-12H2,(H2,28,34)(H,30,31,32). The van der Waals surface area contributed by atoms with E-state index in [2.05, 4.69) is 20.3 Å². The quantitative estimate of drug-likeness (QED) is 0.536. The van der Waals surface area contributed by atoms with Gasteiger partial charge in [0.2, 0.25) is 11.7 Å². The average molecular weight is 476 g/mol. The second-order valence-corrected chi connectivity index (χ2v) is 8.41. The molecule has 2 aromatic rings. The summed E-state index contributed by atoms with van der Waals surface area (Å²) in [5.41, 5.74) is 5.81. The molecule has 1 amide bonds. The first kappa shape index (κ1) is 23.7. The minimum atomic E-state index is -4.37. The van der Waals surface area contributed by atoms with Gasteiger partial charge in [-0.05, 0) is 36.8 Å². The van der Waals surface area contributed by atoms with Crippen molar-refractivity contribution < 1.29 is 22.4 Å². The number of pyridine rings is 1. The van der Waals surface area contributed by atoms with Crippen molar-refractivity contribution in [1.29, 1.82) is 0 Å². The van der Waals surface area contributed by atoms with Crippen LogP contribution in [0.25, 0.3) is 0 Å². The van der Waals surface area contributed by atoms with Gasteiger partial charge in [-0.25, -0.2) is 9.97 Å². The lowest BCUT2D eigenvalue weighted by Gasteiger charge is -2.28. The van der Waals surface area contributed by atoms with E-state index in [1.807, 2.05) is 4.90 Å². The maximum absolute atomic E-state index is 15.3. The van der Waals surface area contributed by atoms with Crippen molar-refractivity contribution in [2.45, 2.75) is 44.4 Å². The van der Waals surface area contributed by atoms with Gasteiger partial charge in [0.1, 0.15) is 6.33 Å². The molecule has 0 bridgehead atoms. The molecule has 1 atom stereocenters. The topological polar surface area (TPSA) is 97.0 Å². The molecule has 0 aliphatic heterocycles. The third-order valence-electron chi connectivity index (χ3n) is 5.68. The number of nitrogens with one attached hydrogen (secondary N) is 1. The number of aromatic nitrogens is 3. The SMILES string of the molecule is NC(=O)Cc1ccc(CNc2ncnc(N(CC3C=CC(C(F)(F)F)=CC3)C3CC3)c2F)nc1. The number of alkyl halides is 3. The Balaban J connectivity index is 1.43. The van der Waals surface area contributed by atoms with Gasteiger partial charge in [-0.1, -0.05) is 24.3 Å². The number of primary amides is 1. The molecule has 0 saturated heterocycles. The minimum absolute atomic E-state index is 0.0112. The normalized spacial score (nSPS) is 17.9. The fraction of sp³-hybridized carbons (Fsp3) is 0.391. The van der Waals surface area contributed by atoms with Crippen molar-refractivity contribution in [2.75, 3.05) is 16.8 Å². The van der Waals surface area contributed by atoms with Crippen molar-refractivity contribution in [3.63, 3.8) is 0 Å². The summed E-state index contributed by atoms with van der Waals surface area (Å²) in [6.45, 7) is 0.559. The zero-order valence-corrected chi connectivity index (χ0v) is 18.2. The van der Waals surface area contributed by atoms with E-state index in [1.54, 1.807) is 12.1 Å². The molecule has 180 valence electrons. The lowest BCUT2D eigenvalue weighted by Crippen LogP contribution is -2.33. The minimum Gasteiger partial charge on any atom is -0.369 e. The van der Waals surface area contributed by atoms with E-state index < -0.39 is 23.5 Å². The summed E-state index contributed by atoms with van der Waals surface area (Å²) in [7, 11) is 0. The van der Waals surface area contributed by atoms with Gasteiger partial charge in [0.05, 0.1) is 24.2 Å². The maximum Gasteiger partial charge on any atom is 0.416 e. The van der Waals surface area contributed by atoms with E-state index in [9.17, 15) is 18.0 Å². The van der Waals surface area contributed by atoms with Crippen LogP contribution in [0, 0.1) is 11.7 Å². The van der Waals surface area contributed by atoms with Crippen LogP contribution in [0.1, 0.15) is 30.5 Å². The summed E-state index contributed by atoms with van der Waals surface area (Å²) >= 11 is 0. The zero-order chi connectivity index (χ0) is 24.3. The van der Waals surface area contributed by atoms with Crippen LogP contribution < -0.4 is 16.0 Å². The van der Waals surface area contributed by atoms with Crippen LogP contribution in [0.3, 0.4) is 0 Å². The molecule has 2 aliphatic rings. The number of rotatable bonds is 9. The first-order valence-electron chi connectivity index (χ1n) is 10.9. The predicted octanol–water partition coefficient (Wildman–Crippen LogP) is 3.68. The van der Waals surface area contributed by atoms with E-state index >= 15 is 4.39 Å². The number of hydrogen-bond acceptors (Lipinski definition) is 6. The van der Waals surface area contributed by atoms with E-state index in [-0.39, 0.29) is 43.0 Å². The summed E-state index contributed by atoms with van der Waals surface area (Å²) in [6, 6.07) is 3.53. The Morgan fingerprint density at radius 1 is 1.21 bits per heavy atom. The number of amides is 1. The Morgan fingerprint density at radius 2 is 2.00 bits per heavy atom. The van der Waals surface area contributed by atoms with Crippen LogP contribution in [0.5, 0.6) is 0 Å². The van der Waals surface area contributed by atoms with Crippen molar-refractivity contribution >= 4 is 17.5 Å². The lowest BCUT2D eigenvalue weighted by atomic mass is 9.95. The molecule has 4 rings (SSSR count). The Labute approximate surface area is 193 Å². The molecular formula is C23H24F4N6O. The van der Waals surface area contributed by atoms with E-state index in [1.165, 1.54) is 24.7 Å². The van der Waals surface area contributed by atoms with E-state index in [0.717, 1.165) is 18.9 Å². The van der Waals surface area contributed by atoms with Crippen molar-refractivity contribution in [3.8, 4) is 0 Å². The van der Waals surface area contributed by atoms with Crippen molar-refractivity contribution in [3.05, 3.63) is 65.5 Å². The number of halogens is 4. The van der Waals surface area contributed by atoms with Crippen molar-refractivity contribution in [1.82, 2.24) is 15.0 Å². The van der Waals surface area contributed by atoms with Gasteiger partial charge in [-0.15, -0.1) is 0 Å². The molecule has 1 saturated carbocycles. The van der Waals surface area contributed by atoms with Gasteiger partial charge < -0.3 is 16.0 Å². The van der Waals surface area contributed by atoms with Crippen LogP contribution >= 0.6 is 0 Å². The molecular weight excluding hydrogens is 452 g/mol. The lowest BCUT2D eigenvalue weighted by molar-refractivity contribution is -0.117. The Kier molecular flexibility index (Phi) is 6.80. The van der Waals surface area contributed by atoms with Crippen LogP contribution in [0.2, 0.25) is 0 Å². The first-order chi connectivity index (χ1) is 16.2. The highest BCUT2D eigenvalue weighted by atomic mass is 19.4. The van der Waals surface area contributed by atoms with Gasteiger partial charge >= 0.3 is 6.18 Å². The zero-order valence-electron chi connectivity index (χ0n) is 18.2. The highest BCUT2D eigenvalue weighted by molar-refractivity contribution is 5.76. The first-order valence-corrected chi connectivity index (χ1v) is 10.9. The molecule has 34 heavy (non-hydrogen) atoms. The number of hydrogen-bond donors (Lipinski definition) is 2. The van der Waals surface area contributed by atoms with E-state index in [4.69, 9.17) is 5.73 Å². The second kappa shape index (κ2) is 9.78. The van der Waals surface area contributed by atoms with Gasteiger partial charge in [0.15, 0.2) is 11.6 Å². The van der Waals surface area contributed by atoms with Gasteiger partial charge in [0.25, 0.3) is 0 Å². The molecule has 1 fully saturated rings. The highest BCUT2D eigenvalue weighted by Gasteiger charge is 2.36. The average Bonchev–Trinajstić information content (AvgIpc) is 3.63. The molecule has 2 aromatic heterocycles. The molecule has 11 heteroatoms. The largest absolute Gasteiger partial charge is 0.416 e. The third-order valence-corrected chi connectivity index (χ3v) is 5.68. The van der Waals surface area contributed by atoms with Crippen molar-refractivity contribution in [2.24, 2.45) is 11.7 Å². The fourth-order valence-electron chi connectivity index (χ4n) is 3.78. The molecule has 0 aromatic carbocycles. The molecule has 2 aliphatic carbocycles. The number of nitrogens with two attached hydrogens (primary N) is 1. The van der Waals surface area contributed by atoms with Crippen LogP contribution in [-0.2, 0) is 17.8 Å². The smallest absolute Gasteiger partial charge is 0.369 e. The van der Waals surface area contributed by atoms with Crippen LogP contribution in [0.15, 0.2) is 48.5 Å². The number of nitrogens with zero attached hydrogens (tertiary/aromatic N) is 4. The predicted molar refractivity (Wildman–Crippen MR) is 118 cm³/mol. The molecule has 3 N–H and O–H groups in total. The monoisotopic (exact) mass is 476 g/mol. The number of anilines is 2. The van der Waals surface area contributed by atoms with Crippen LogP contribution in [0.4, 0.5) is 29.2 Å². The maximum atomic E-state index is 15.3. The van der Waals surface area contributed by atoms with E-state index in [0.29, 0.717) is 17.8 Å². The number of carbonyl (C=O) groups is 1. The number of carbonyl (C=O) groups excluding carboxylic acids is 1. The molecule has 1 unspecified atom stereocenters. The third kappa shape index (κ3) is 5.89. The van der Waals surface area contributed by atoms with Crippen LogP contribution in [-0.4, -0.2) is 39.6 Å². The summed E-state index contributed by atoms with van der Waals surface area (Å²) in [5, 5.41) is 2.91. The summed E-state index contributed by atoms with van der Waals surface area (Å²) in [5.74, 6) is -1.11. The Bertz CT molecular complexity index is 1100. The number of allylic oxidation sites excluding steroid dienone is 3. The van der Waals surface area contributed by atoms with Gasteiger partial charge in [-0.3, -0.25) is 9.78 Å². The fourth-order valence-corrected chi connectivity index (χ4v) is 3.78. The molecule has 2 heterocycles. The molecule has 0 spiro atoms.